The van der Waals surface area contributed by atoms with Crippen molar-refractivity contribution in [2.75, 3.05) is 19.8 Å². The number of ether oxygens (including phenoxy) is 2. The second kappa shape index (κ2) is 5.73. The van der Waals surface area contributed by atoms with Gasteiger partial charge in [-0.25, -0.2) is 0 Å². The molecular weight excluding hydrogens is 234 g/mol. The molecule has 2 rings (SSSR count). The Labute approximate surface area is 105 Å². The fourth-order valence-electron chi connectivity index (χ4n) is 1.82. The lowest BCUT2D eigenvalue weighted by Gasteiger charge is -2.10. The summed E-state index contributed by atoms with van der Waals surface area (Å²) < 4.78 is 16.3. The summed E-state index contributed by atoms with van der Waals surface area (Å²) in [6.07, 6.45) is 0.465. The molecule has 98 valence electrons. The van der Waals surface area contributed by atoms with Crippen molar-refractivity contribution >= 4 is 11.0 Å². The first kappa shape index (κ1) is 12.7. The summed E-state index contributed by atoms with van der Waals surface area (Å²) >= 11 is 0. The minimum atomic E-state index is 0.0405. The van der Waals surface area contributed by atoms with Crippen LogP contribution in [0.25, 0.3) is 11.0 Å². The van der Waals surface area contributed by atoms with Gasteiger partial charge in [0.25, 0.3) is 0 Å². The smallest absolute Gasteiger partial charge is 0.171 e. The summed E-state index contributed by atoms with van der Waals surface area (Å²) in [5.74, 6) is 1.33. The molecule has 0 fully saturated rings. The molecular formula is C13H17NO4. The van der Waals surface area contributed by atoms with Crippen LogP contribution < -0.4 is 9.47 Å². The van der Waals surface area contributed by atoms with Crippen LogP contribution in [0.15, 0.2) is 16.7 Å². The molecule has 1 aromatic heterocycles. The third kappa shape index (κ3) is 2.41. The van der Waals surface area contributed by atoms with Crippen LogP contribution in [0.4, 0.5) is 0 Å². The third-order valence-corrected chi connectivity index (χ3v) is 2.56. The second-order valence-electron chi connectivity index (χ2n) is 3.76. The number of rotatable bonds is 6. The standard InChI is InChI=1S/C13H17NO4/c1-3-16-12-7-9-10(5-6-15)14-18-11(9)8-13(12)17-4-2/h7-8,15H,3-6H2,1-2H3. The van der Waals surface area contributed by atoms with Crippen molar-refractivity contribution in [2.45, 2.75) is 20.3 Å². The Morgan fingerprint density at radius 1 is 1.17 bits per heavy atom. The van der Waals surface area contributed by atoms with Crippen molar-refractivity contribution < 1.29 is 19.1 Å². The summed E-state index contributed by atoms with van der Waals surface area (Å²) in [6, 6.07) is 3.63. The summed E-state index contributed by atoms with van der Waals surface area (Å²) in [5.41, 5.74) is 1.38. The van der Waals surface area contributed by atoms with Crippen LogP contribution in [0, 0.1) is 0 Å². The van der Waals surface area contributed by atoms with Crippen LogP contribution in [-0.2, 0) is 6.42 Å². The Hall–Kier alpha value is -1.75. The lowest BCUT2D eigenvalue weighted by Crippen LogP contribution is -1.98. The molecule has 0 saturated heterocycles. The van der Waals surface area contributed by atoms with Gasteiger partial charge in [0.1, 0.15) is 0 Å². The van der Waals surface area contributed by atoms with E-state index >= 15 is 0 Å². The van der Waals surface area contributed by atoms with Crippen molar-refractivity contribution in [3.63, 3.8) is 0 Å². The molecule has 1 N–H and O–H groups in total. The Bertz CT molecular complexity index is 521. The number of hydrogen-bond acceptors (Lipinski definition) is 5. The topological polar surface area (TPSA) is 64.7 Å². The van der Waals surface area contributed by atoms with E-state index in [0.717, 1.165) is 11.1 Å². The summed E-state index contributed by atoms with van der Waals surface area (Å²) in [7, 11) is 0. The quantitative estimate of drug-likeness (QED) is 0.852. The maximum Gasteiger partial charge on any atom is 0.171 e. The highest BCUT2D eigenvalue weighted by Gasteiger charge is 2.14. The first-order chi connectivity index (χ1) is 8.80. The van der Waals surface area contributed by atoms with E-state index in [-0.39, 0.29) is 6.61 Å². The summed E-state index contributed by atoms with van der Waals surface area (Å²) in [6.45, 7) is 4.99. The average molecular weight is 251 g/mol. The van der Waals surface area contributed by atoms with Crippen molar-refractivity contribution in [2.24, 2.45) is 0 Å². The number of aliphatic hydroxyl groups is 1. The van der Waals surface area contributed by atoms with Crippen molar-refractivity contribution in [1.82, 2.24) is 5.16 Å². The number of hydrogen-bond donors (Lipinski definition) is 1. The normalized spacial score (nSPS) is 10.8. The van der Waals surface area contributed by atoms with E-state index in [1.165, 1.54) is 0 Å². The van der Waals surface area contributed by atoms with Gasteiger partial charge in [-0.2, -0.15) is 0 Å². The molecule has 5 nitrogen and oxygen atoms in total. The van der Waals surface area contributed by atoms with E-state index in [0.29, 0.717) is 36.7 Å². The molecule has 0 aliphatic rings. The van der Waals surface area contributed by atoms with E-state index in [2.05, 4.69) is 5.16 Å². The first-order valence-electron chi connectivity index (χ1n) is 6.08. The lowest BCUT2D eigenvalue weighted by atomic mass is 10.1. The molecule has 0 radical (unpaired) electrons. The van der Waals surface area contributed by atoms with Crippen LogP contribution in [-0.4, -0.2) is 30.1 Å². The fraction of sp³-hybridized carbons (Fsp3) is 0.462. The van der Waals surface area contributed by atoms with Crippen molar-refractivity contribution in [3.05, 3.63) is 17.8 Å². The highest BCUT2D eigenvalue weighted by molar-refractivity contribution is 5.83. The lowest BCUT2D eigenvalue weighted by molar-refractivity contribution is 0.288. The van der Waals surface area contributed by atoms with Gasteiger partial charge in [0.2, 0.25) is 0 Å². The largest absolute Gasteiger partial charge is 0.490 e. The minimum absolute atomic E-state index is 0.0405. The van der Waals surface area contributed by atoms with Gasteiger partial charge in [-0.1, -0.05) is 5.16 Å². The molecule has 0 unspecified atom stereocenters. The molecule has 5 heteroatoms. The third-order valence-electron chi connectivity index (χ3n) is 2.56. The number of nitrogens with zero attached hydrogens (tertiary/aromatic N) is 1. The Morgan fingerprint density at radius 3 is 2.44 bits per heavy atom. The molecule has 1 aromatic carbocycles. The zero-order valence-electron chi connectivity index (χ0n) is 10.6. The molecule has 0 aliphatic heterocycles. The average Bonchev–Trinajstić information content (AvgIpc) is 2.74. The molecule has 0 amide bonds. The zero-order valence-corrected chi connectivity index (χ0v) is 10.6. The first-order valence-corrected chi connectivity index (χ1v) is 6.08. The van der Waals surface area contributed by atoms with Gasteiger partial charge in [0.15, 0.2) is 17.1 Å². The fourth-order valence-corrected chi connectivity index (χ4v) is 1.82. The van der Waals surface area contributed by atoms with Crippen LogP contribution in [0.2, 0.25) is 0 Å². The molecule has 18 heavy (non-hydrogen) atoms. The molecule has 0 aliphatic carbocycles. The number of fused-ring (bicyclic) bond motifs is 1. The van der Waals surface area contributed by atoms with Crippen LogP contribution in [0.5, 0.6) is 11.5 Å². The molecule has 0 atom stereocenters. The Balaban J connectivity index is 2.48. The highest BCUT2D eigenvalue weighted by Crippen LogP contribution is 2.34. The predicted octanol–water partition coefficient (Wildman–Crippen LogP) is 2.16. The van der Waals surface area contributed by atoms with Crippen LogP contribution in [0.3, 0.4) is 0 Å². The minimum Gasteiger partial charge on any atom is -0.490 e. The van der Waals surface area contributed by atoms with Crippen LogP contribution >= 0.6 is 0 Å². The van der Waals surface area contributed by atoms with Gasteiger partial charge in [0, 0.05) is 24.5 Å². The maximum absolute atomic E-state index is 8.97. The highest BCUT2D eigenvalue weighted by atomic mass is 16.5. The van der Waals surface area contributed by atoms with Crippen molar-refractivity contribution in [3.8, 4) is 11.5 Å². The second-order valence-corrected chi connectivity index (χ2v) is 3.76. The van der Waals surface area contributed by atoms with Gasteiger partial charge in [0.05, 0.1) is 18.9 Å². The number of aliphatic hydroxyl groups excluding tert-OH is 1. The van der Waals surface area contributed by atoms with Gasteiger partial charge in [-0.3, -0.25) is 0 Å². The summed E-state index contributed by atoms with van der Waals surface area (Å²) in [4.78, 5) is 0. The Kier molecular flexibility index (Phi) is 4.04. The van der Waals surface area contributed by atoms with Crippen molar-refractivity contribution in [1.29, 1.82) is 0 Å². The predicted molar refractivity (Wildman–Crippen MR) is 67.1 cm³/mol. The van der Waals surface area contributed by atoms with E-state index in [4.69, 9.17) is 19.1 Å². The van der Waals surface area contributed by atoms with E-state index in [1.807, 2.05) is 19.9 Å². The van der Waals surface area contributed by atoms with Gasteiger partial charge >= 0.3 is 0 Å². The molecule has 0 bridgehead atoms. The number of aromatic nitrogens is 1. The van der Waals surface area contributed by atoms with Gasteiger partial charge in [-0.05, 0) is 19.9 Å². The molecule has 2 aromatic rings. The molecule has 0 spiro atoms. The Morgan fingerprint density at radius 2 is 1.83 bits per heavy atom. The van der Waals surface area contributed by atoms with E-state index < -0.39 is 0 Å². The van der Waals surface area contributed by atoms with Gasteiger partial charge in [-0.15, -0.1) is 0 Å². The number of benzene rings is 1. The molecule has 0 saturated carbocycles. The van der Waals surface area contributed by atoms with Crippen LogP contribution in [0.1, 0.15) is 19.5 Å². The van der Waals surface area contributed by atoms with Gasteiger partial charge < -0.3 is 19.1 Å². The zero-order chi connectivity index (χ0) is 13.0. The van der Waals surface area contributed by atoms with E-state index in [1.54, 1.807) is 6.07 Å². The SMILES string of the molecule is CCOc1cc2onc(CCO)c2cc1OCC. The monoisotopic (exact) mass is 251 g/mol. The molecule has 1 heterocycles. The van der Waals surface area contributed by atoms with E-state index in [9.17, 15) is 0 Å². The summed E-state index contributed by atoms with van der Waals surface area (Å²) in [5, 5.41) is 13.8. The maximum atomic E-state index is 8.97.